The van der Waals surface area contributed by atoms with Crippen molar-refractivity contribution in [1.29, 1.82) is 0 Å². The van der Waals surface area contributed by atoms with E-state index in [1.165, 1.54) is 12.8 Å². The second kappa shape index (κ2) is 6.25. The first-order chi connectivity index (χ1) is 8.60. The van der Waals surface area contributed by atoms with Gasteiger partial charge in [0.1, 0.15) is 0 Å². The van der Waals surface area contributed by atoms with E-state index in [1.54, 1.807) is 0 Å². The summed E-state index contributed by atoms with van der Waals surface area (Å²) in [5.74, 6) is 1.82. The third-order valence-electron chi connectivity index (χ3n) is 4.18. The summed E-state index contributed by atoms with van der Waals surface area (Å²) in [6, 6.07) is 0. The van der Waals surface area contributed by atoms with E-state index in [1.807, 2.05) is 11.8 Å². The quantitative estimate of drug-likeness (QED) is 0.724. The van der Waals surface area contributed by atoms with Crippen LogP contribution in [0.5, 0.6) is 0 Å². The number of alkyl halides is 1. The topological polar surface area (TPSA) is 29.5 Å². The third-order valence-corrected chi connectivity index (χ3v) is 4.52. The SMILES string of the molecule is CC1CCC(C(=O)N2CC(C)OC(CCl)C2)CC1. The number of morpholine rings is 1. The number of halogens is 1. The summed E-state index contributed by atoms with van der Waals surface area (Å²) in [6.45, 7) is 5.68. The molecule has 3 nitrogen and oxygen atoms in total. The summed E-state index contributed by atoms with van der Waals surface area (Å²) in [6.07, 6.45) is 4.59. The molecule has 2 atom stereocenters. The molecule has 2 aliphatic rings. The van der Waals surface area contributed by atoms with Gasteiger partial charge in [-0.2, -0.15) is 0 Å². The van der Waals surface area contributed by atoms with Crippen molar-refractivity contribution >= 4 is 17.5 Å². The minimum Gasteiger partial charge on any atom is -0.370 e. The molecule has 1 aliphatic carbocycles. The molecule has 104 valence electrons. The van der Waals surface area contributed by atoms with Crippen molar-refractivity contribution in [2.24, 2.45) is 11.8 Å². The molecule has 2 unspecified atom stereocenters. The molecular formula is C14H24ClNO2. The molecule has 1 aliphatic heterocycles. The molecule has 0 aromatic carbocycles. The summed E-state index contributed by atoms with van der Waals surface area (Å²) in [5.41, 5.74) is 0. The van der Waals surface area contributed by atoms with Crippen LogP contribution in [-0.4, -0.2) is 42.0 Å². The first-order valence-electron chi connectivity index (χ1n) is 7.10. The van der Waals surface area contributed by atoms with Crippen molar-refractivity contribution in [2.45, 2.75) is 51.7 Å². The third kappa shape index (κ3) is 3.39. The van der Waals surface area contributed by atoms with Crippen molar-refractivity contribution in [3.8, 4) is 0 Å². The molecule has 0 aromatic rings. The number of ether oxygens (including phenoxy) is 1. The smallest absolute Gasteiger partial charge is 0.225 e. The summed E-state index contributed by atoms with van der Waals surface area (Å²) in [5, 5.41) is 0. The van der Waals surface area contributed by atoms with Crippen LogP contribution in [0.2, 0.25) is 0 Å². The van der Waals surface area contributed by atoms with E-state index in [9.17, 15) is 4.79 Å². The molecule has 0 bridgehead atoms. The number of carbonyl (C=O) groups excluding carboxylic acids is 1. The first kappa shape index (κ1) is 14.1. The van der Waals surface area contributed by atoms with Crippen molar-refractivity contribution in [3.05, 3.63) is 0 Å². The molecule has 0 radical (unpaired) electrons. The highest BCUT2D eigenvalue weighted by atomic mass is 35.5. The van der Waals surface area contributed by atoms with Crippen LogP contribution < -0.4 is 0 Å². The molecule has 0 N–H and O–H groups in total. The van der Waals surface area contributed by atoms with Gasteiger partial charge >= 0.3 is 0 Å². The maximum atomic E-state index is 12.5. The molecule has 18 heavy (non-hydrogen) atoms. The van der Waals surface area contributed by atoms with Crippen LogP contribution in [0.1, 0.15) is 39.5 Å². The Kier molecular flexibility index (Phi) is 4.91. The molecule has 0 aromatic heterocycles. The predicted molar refractivity (Wildman–Crippen MR) is 72.8 cm³/mol. The fourth-order valence-corrected chi connectivity index (χ4v) is 3.25. The first-order valence-corrected chi connectivity index (χ1v) is 7.63. The normalized spacial score (nSPS) is 37.6. The monoisotopic (exact) mass is 273 g/mol. The minimum atomic E-state index is 0.00174. The van der Waals surface area contributed by atoms with Gasteiger partial charge in [-0.3, -0.25) is 4.79 Å². The van der Waals surface area contributed by atoms with Crippen LogP contribution in [0.4, 0.5) is 0 Å². The van der Waals surface area contributed by atoms with Gasteiger partial charge in [-0.05, 0) is 38.5 Å². The van der Waals surface area contributed by atoms with E-state index < -0.39 is 0 Å². The summed E-state index contributed by atoms with van der Waals surface area (Å²) >= 11 is 5.86. The lowest BCUT2D eigenvalue weighted by Crippen LogP contribution is -2.51. The van der Waals surface area contributed by atoms with Crippen LogP contribution in [0.25, 0.3) is 0 Å². The minimum absolute atomic E-state index is 0.00174. The lowest BCUT2D eigenvalue weighted by Gasteiger charge is -2.38. The Morgan fingerprint density at radius 1 is 1.22 bits per heavy atom. The van der Waals surface area contributed by atoms with Crippen LogP contribution in [0, 0.1) is 11.8 Å². The van der Waals surface area contributed by atoms with E-state index in [4.69, 9.17) is 16.3 Å². The van der Waals surface area contributed by atoms with Crippen LogP contribution in [0.15, 0.2) is 0 Å². The van der Waals surface area contributed by atoms with Crippen LogP contribution in [0.3, 0.4) is 0 Å². The molecule has 1 heterocycles. The molecule has 1 saturated carbocycles. The molecule has 1 amide bonds. The van der Waals surface area contributed by atoms with E-state index in [0.717, 1.165) is 25.3 Å². The lowest BCUT2D eigenvalue weighted by atomic mass is 9.82. The Morgan fingerprint density at radius 3 is 2.50 bits per heavy atom. The van der Waals surface area contributed by atoms with Gasteiger partial charge < -0.3 is 9.64 Å². The number of amides is 1. The fourth-order valence-electron chi connectivity index (χ4n) is 3.08. The van der Waals surface area contributed by atoms with Crippen molar-refractivity contribution < 1.29 is 9.53 Å². The predicted octanol–water partition coefficient (Wildman–Crippen LogP) is 2.67. The average Bonchev–Trinajstić information content (AvgIpc) is 2.38. The Balaban J connectivity index is 1.91. The molecule has 4 heteroatoms. The molecule has 1 saturated heterocycles. The molecular weight excluding hydrogens is 250 g/mol. The second-order valence-electron chi connectivity index (χ2n) is 5.92. The van der Waals surface area contributed by atoms with Gasteiger partial charge in [0.05, 0.1) is 18.1 Å². The highest BCUT2D eigenvalue weighted by molar-refractivity contribution is 6.18. The Labute approximate surface area is 115 Å². The number of rotatable bonds is 2. The second-order valence-corrected chi connectivity index (χ2v) is 6.23. The van der Waals surface area contributed by atoms with Gasteiger partial charge in [-0.15, -0.1) is 11.6 Å². The Hall–Kier alpha value is -0.280. The van der Waals surface area contributed by atoms with Gasteiger partial charge in [0.15, 0.2) is 0 Å². The van der Waals surface area contributed by atoms with Crippen molar-refractivity contribution in [3.63, 3.8) is 0 Å². The zero-order valence-electron chi connectivity index (χ0n) is 11.4. The molecule has 2 fully saturated rings. The molecule has 2 rings (SSSR count). The average molecular weight is 274 g/mol. The Bertz CT molecular complexity index is 290. The lowest BCUT2D eigenvalue weighted by molar-refractivity contribution is -0.148. The van der Waals surface area contributed by atoms with Gasteiger partial charge in [-0.25, -0.2) is 0 Å². The van der Waals surface area contributed by atoms with E-state index in [0.29, 0.717) is 18.3 Å². The molecule has 0 spiro atoms. The standard InChI is InChI=1S/C14H24ClNO2/c1-10-3-5-12(6-4-10)14(17)16-8-11(2)18-13(7-15)9-16/h10-13H,3-9H2,1-2H3. The highest BCUT2D eigenvalue weighted by Gasteiger charge is 2.33. The van der Waals surface area contributed by atoms with E-state index >= 15 is 0 Å². The Morgan fingerprint density at radius 2 is 1.89 bits per heavy atom. The summed E-state index contributed by atoms with van der Waals surface area (Å²) < 4.78 is 5.69. The van der Waals surface area contributed by atoms with Gasteiger partial charge in [0.25, 0.3) is 0 Å². The van der Waals surface area contributed by atoms with Gasteiger partial charge in [0, 0.05) is 19.0 Å². The van der Waals surface area contributed by atoms with E-state index in [2.05, 4.69) is 6.92 Å². The zero-order valence-corrected chi connectivity index (χ0v) is 12.2. The van der Waals surface area contributed by atoms with Crippen LogP contribution >= 0.6 is 11.6 Å². The summed E-state index contributed by atoms with van der Waals surface area (Å²) in [4.78, 5) is 14.5. The van der Waals surface area contributed by atoms with E-state index in [-0.39, 0.29) is 18.1 Å². The number of nitrogens with zero attached hydrogens (tertiary/aromatic N) is 1. The van der Waals surface area contributed by atoms with Crippen molar-refractivity contribution in [1.82, 2.24) is 4.90 Å². The fraction of sp³-hybridized carbons (Fsp3) is 0.929. The zero-order chi connectivity index (χ0) is 13.1. The number of hydrogen-bond donors (Lipinski definition) is 0. The maximum absolute atomic E-state index is 12.5. The largest absolute Gasteiger partial charge is 0.370 e. The maximum Gasteiger partial charge on any atom is 0.225 e. The van der Waals surface area contributed by atoms with Crippen molar-refractivity contribution in [2.75, 3.05) is 19.0 Å². The van der Waals surface area contributed by atoms with Gasteiger partial charge in [-0.1, -0.05) is 6.92 Å². The number of hydrogen-bond acceptors (Lipinski definition) is 2. The van der Waals surface area contributed by atoms with Gasteiger partial charge in [0.2, 0.25) is 5.91 Å². The number of carbonyl (C=O) groups is 1. The summed E-state index contributed by atoms with van der Waals surface area (Å²) in [7, 11) is 0. The van der Waals surface area contributed by atoms with Crippen LogP contribution in [-0.2, 0) is 9.53 Å². The highest BCUT2D eigenvalue weighted by Crippen LogP contribution is 2.30.